The molecule has 1 aromatic carbocycles. The number of nitrogens with zero attached hydrogens (tertiary/aromatic N) is 1. The first kappa shape index (κ1) is 20.9. The maximum absolute atomic E-state index is 14.3. The van der Waals surface area contributed by atoms with E-state index in [4.69, 9.17) is 9.47 Å². The van der Waals surface area contributed by atoms with E-state index in [9.17, 15) is 18.4 Å². The molecule has 2 heterocycles. The molecule has 2 aromatic rings. The van der Waals surface area contributed by atoms with Crippen LogP contribution in [0.15, 0.2) is 30.5 Å². The number of amides is 1. The van der Waals surface area contributed by atoms with Gasteiger partial charge < -0.3 is 14.8 Å². The van der Waals surface area contributed by atoms with Crippen LogP contribution in [0.4, 0.5) is 14.5 Å². The molecule has 1 amide bonds. The van der Waals surface area contributed by atoms with Gasteiger partial charge in [0.05, 0.1) is 13.2 Å². The van der Waals surface area contributed by atoms with Gasteiger partial charge in [0.1, 0.15) is 11.8 Å². The normalized spacial score (nSPS) is 23.7. The lowest BCUT2D eigenvalue weighted by atomic mass is 9.82. The lowest BCUT2D eigenvalue weighted by molar-refractivity contribution is -0.127. The average Bonchev–Trinajstić information content (AvgIpc) is 2.99. The number of benzene rings is 1. The topological polar surface area (TPSA) is 77.5 Å². The summed E-state index contributed by atoms with van der Waals surface area (Å²) in [5.74, 6) is -3.77. The van der Waals surface area contributed by atoms with E-state index in [1.54, 1.807) is 6.07 Å². The Morgan fingerprint density at radius 3 is 2.59 bits per heavy atom. The van der Waals surface area contributed by atoms with Gasteiger partial charge in [0.2, 0.25) is 5.82 Å². The molecule has 4 atom stereocenters. The van der Waals surface area contributed by atoms with Crippen molar-refractivity contribution < 1.29 is 27.8 Å². The number of aromatic nitrogens is 1. The van der Waals surface area contributed by atoms with Crippen LogP contribution in [0.25, 0.3) is 0 Å². The zero-order chi connectivity index (χ0) is 21.3. The number of methoxy groups -OCH3 is 1. The number of pyridine rings is 1. The molecule has 1 aromatic heterocycles. The number of carbonyl (C=O) groups is 2. The summed E-state index contributed by atoms with van der Waals surface area (Å²) in [7, 11) is 1.25. The minimum absolute atomic E-state index is 0.158. The second-order valence-corrected chi connectivity index (χ2v) is 7.11. The van der Waals surface area contributed by atoms with E-state index in [1.165, 1.54) is 32.4 Å². The number of ketones is 1. The largest absolute Gasteiger partial charge is 0.493 e. The zero-order valence-electron chi connectivity index (χ0n) is 16.5. The summed E-state index contributed by atoms with van der Waals surface area (Å²) in [6, 6.07) is 5.45. The summed E-state index contributed by atoms with van der Waals surface area (Å²) >= 11 is 0. The van der Waals surface area contributed by atoms with Gasteiger partial charge in [-0.25, -0.2) is 4.39 Å². The van der Waals surface area contributed by atoms with Crippen molar-refractivity contribution in [2.45, 2.75) is 38.9 Å². The quantitative estimate of drug-likeness (QED) is 0.769. The monoisotopic (exact) mass is 404 g/mol. The highest BCUT2D eigenvalue weighted by atomic mass is 19.2. The van der Waals surface area contributed by atoms with Crippen molar-refractivity contribution in [3.8, 4) is 5.75 Å². The van der Waals surface area contributed by atoms with Gasteiger partial charge in [0, 0.05) is 30.3 Å². The third kappa shape index (κ3) is 3.98. The van der Waals surface area contributed by atoms with Crippen LogP contribution >= 0.6 is 0 Å². The molecule has 0 aliphatic carbocycles. The molecule has 0 spiro atoms. The molecule has 1 aliphatic heterocycles. The fourth-order valence-electron chi connectivity index (χ4n) is 3.61. The zero-order valence-corrected chi connectivity index (χ0v) is 16.5. The lowest BCUT2D eigenvalue weighted by Gasteiger charge is -2.23. The van der Waals surface area contributed by atoms with Gasteiger partial charge in [-0.3, -0.25) is 14.6 Å². The number of Topliss-reactive ketones (excluding diaryl/α,β-unsaturated/α-hetero) is 1. The number of hydrogen-bond donors (Lipinski definition) is 1. The van der Waals surface area contributed by atoms with E-state index in [1.807, 2.05) is 13.8 Å². The Morgan fingerprint density at radius 1 is 1.21 bits per heavy atom. The minimum atomic E-state index is -1.10. The predicted octanol–water partition coefficient (Wildman–Crippen LogP) is 3.72. The van der Waals surface area contributed by atoms with E-state index < -0.39 is 29.6 Å². The standard InChI is InChI=1S/C21H22F2N2O4/c1-10-12(3)29-20(17(10)14-5-6-15(22)18(23)19(14)28-4)21(27)25-13-7-8-24-16(9-13)11(2)26/h5-10,12,17,20H,1-4H3,(H,24,25,27)/t10-,12-,17+,20+/m0/s1. The van der Waals surface area contributed by atoms with Crippen LogP contribution in [0.2, 0.25) is 0 Å². The van der Waals surface area contributed by atoms with Gasteiger partial charge in [0.15, 0.2) is 17.3 Å². The van der Waals surface area contributed by atoms with Crippen LogP contribution < -0.4 is 10.1 Å². The molecule has 0 saturated carbocycles. The number of halogens is 2. The Morgan fingerprint density at radius 2 is 1.93 bits per heavy atom. The van der Waals surface area contributed by atoms with Crippen molar-refractivity contribution in [1.29, 1.82) is 0 Å². The van der Waals surface area contributed by atoms with Crippen LogP contribution in [-0.2, 0) is 9.53 Å². The minimum Gasteiger partial charge on any atom is -0.493 e. The molecule has 0 unspecified atom stereocenters. The Kier molecular flexibility index (Phi) is 5.93. The molecular weight excluding hydrogens is 382 g/mol. The summed E-state index contributed by atoms with van der Waals surface area (Å²) in [5.41, 5.74) is 0.972. The van der Waals surface area contributed by atoms with E-state index in [0.29, 0.717) is 11.3 Å². The van der Waals surface area contributed by atoms with E-state index in [2.05, 4.69) is 10.3 Å². The third-order valence-electron chi connectivity index (χ3n) is 5.28. The van der Waals surface area contributed by atoms with Crippen molar-refractivity contribution in [3.05, 3.63) is 53.4 Å². The average molecular weight is 404 g/mol. The van der Waals surface area contributed by atoms with Gasteiger partial charge in [-0.2, -0.15) is 4.39 Å². The molecule has 6 nitrogen and oxygen atoms in total. The number of rotatable bonds is 5. The Labute approximate surface area is 167 Å². The fraction of sp³-hybridized carbons (Fsp3) is 0.381. The maximum atomic E-state index is 14.3. The van der Waals surface area contributed by atoms with Gasteiger partial charge >= 0.3 is 0 Å². The second-order valence-electron chi connectivity index (χ2n) is 7.11. The number of carbonyl (C=O) groups excluding carboxylic acids is 2. The number of nitrogens with one attached hydrogen (secondary N) is 1. The third-order valence-corrected chi connectivity index (χ3v) is 5.28. The first-order chi connectivity index (χ1) is 13.7. The van der Waals surface area contributed by atoms with Gasteiger partial charge in [-0.15, -0.1) is 0 Å². The molecule has 1 N–H and O–H groups in total. The smallest absolute Gasteiger partial charge is 0.254 e. The molecular formula is C21H22F2N2O4. The molecule has 1 saturated heterocycles. The Balaban J connectivity index is 1.94. The molecule has 0 radical (unpaired) electrons. The molecule has 154 valence electrons. The van der Waals surface area contributed by atoms with Crippen molar-refractivity contribution in [3.63, 3.8) is 0 Å². The van der Waals surface area contributed by atoms with Gasteiger partial charge in [0.25, 0.3) is 5.91 Å². The second kappa shape index (κ2) is 8.24. The summed E-state index contributed by atoms with van der Waals surface area (Å²) in [5, 5.41) is 2.72. The van der Waals surface area contributed by atoms with Crippen molar-refractivity contribution in [1.82, 2.24) is 4.98 Å². The molecule has 1 aliphatic rings. The highest BCUT2D eigenvalue weighted by molar-refractivity contribution is 5.97. The fourth-order valence-corrected chi connectivity index (χ4v) is 3.61. The predicted molar refractivity (Wildman–Crippen MR) is 102 cm³/mol. The van der Waals surface area contributed by atoms with Crippen LogP contribution in [0.3, 0.4) is 0 Å². The van der Waals surface area contributed by atoms with Gasteiger partial charge in [-0.1, -0.05) is 13.0 Å². The van der Waals surface area contributed by atoms with Crippen LogP contribution in [-0.4, -0.2) is 36.0 Å². The highest BCUT2D eigenvalue weighted by Crippen LogP contribution is 2.44. The Hall–Kier alpha value is -2.87. The first-order valence-corrected chi connectivity index (χ1v) is 9.19. The molecule has 0 bridgehead atoms. The van der Waals surface area contributed by atoms with Crippen molar-refractivity contribution in [2.75, 3.05) is 12.4 Å². The van der Waals surface area contributed by atoms with E-state index in [0.717, 1.165) is 6.07 Å². The molecule has 29 heavy (non-hydrogen) atoms. The number of hydrogen-bond acceptors (Lipinski definition) is 5. The summed E-state index contributed by atoms with van der Waals surface area (Å²) in [4.78, 5) is 28.4. The summed E-state index contributed by atoms with van der Waals surface area (Å²) in [6.45, 7) is 5.07. The lowest BCUT2D eigenvalue weighted by Crippen LogP contribution is -2.33. The van der Waals surface area contributed by atoms with Gasteiger partial charge in [-0.05, 0) is 31.0 Å². The number of anilines is 1. The first-order valence-electron chi connectivity index (χ1n) is 9.19. The van der Waals surface area contributed by atoms with E-state index in [-0.39, 0.29) is 29.2 Å². The molecule has 1 fully saturated rings. The van der Waals surface area contributed by atoms with Crippen LogP contribution in [0, 0.1) is 17.6 Å². The van der Waals surface area contributed by atoms with Crippen molar-refractivity contribution in [2.24, 2.45) is 5.92 Å². The Bertz CT molecular complexity index is 950. The summed E-state index contributed by atoms with van der Waals surface area (Å²) in [6.07, 6.45) is 0.176. The number of ether oxygens (including phenoxy) is 2. The van der Waals surface area contributed by atoms with Crippen molar-refractivity contribution >= 4 is 17.4 Å². The highest BCUT2D eigenvalue weighted by Gasteiger charge is 2.46. The van der Waals surface area contributed by atoms with E-state index >= 15 is 0 Å². The molecule has 8 heteroatoms. The van der Waals surface area contributed by atoms with Crippen LogP contribution in [0.1, 0.15) is 42.7 Å². The summed E-state index contributed by atoms with van der Waals surface area (Å²) < 4.78 is 38.9. The van der Waals surface area contributed by atoms with Crippen LogP contribution in [0.5, 0.6) is 5.75 Å². The molecule has 3 rings (SSSR count). The maximum Gasteiger partial charge on any atom is 0.254 e. The SMILES string of the molecule is COc1c([C@H]2[C@@H](C)[C@H](C)O[C@H]2C(=O)Nc2ccnc(C(C)=O)c2)ccc(F)c1F.